The first-order chi connectivity index (χ1) is 5.18. The van der Waals surface area contributed by atoms with Gasteiger partial charge in [0.2, 0.25) is 0 Å². The van der Waals surface area contributed by atoms with Gasteiger partial charge < -0.3 is 10.2 Å². The van der Waals surface area contributed by atoms with E-state index in [4.69, 9.17) is 10.2 Å². The second kappa shape index (κ2) is 3.88. The fraction of sp³-hybridized carbons (Fsp3) is 0.778. The van der Waals surface area contributed by atoms with Gasteiger partial charge in [0.1, 0.15) is 0 Å². The van der Waals surface area contributed by atoms with Crippen LogP contribution < -0.4 is 0 Å². The van der Waals surface area contributed by atoms with Crippen molar-refractivity contribution in [1.29, 1.82) is 0 Å². The maximum atomic E-state index is 8.71. The van der Waals surface area contributed by atoms with Gasteiger partial charge in [0.25, 0.3) is 0 Å². The summed E-state index contributed by atoms with van der Waals surface area (Å²) in [4.78, 5) is 0. The van der Waals surface area contributed by atoms with Crippen LogP contribution in [-0.2, 0) is 0 Å². The normalized spacial score (nSPS) is 25.5. The summed E-state index contributed by atoms with van der Waals surface area (Å²) in [5.41, 5.74) is 1.44. The summed E-state index contributed by atoms with van der Waals surface area (Å²) in [5.74, 6) is 0.485. The molecule has 0 radical (unpaired) electrons. The van der Waals surface area contributed by atoms with E-state index in [9.17, 15) is 0 Å². The third-order valence-electron chi connectivity index (χ3n) is 2.29. The average molecular weight is 156 g/mol. The molecular formula is C9H16O2. The molecule has 2 heteroatoms. The maximum Gasteiger partial charge on any atom is 0.151 e. The Kier molecular flexibility index (Phi) is 3.09. The van der Waals surface area contributed by atoms with Crippen molar-refractivity contribution < 1.29 is 10.2 Å². The predicted octanol–water partition coefficient (Wildman–Crippen LogP) is 1.43. The van der Waals surface area contributed by atoms with E-state index in [2.05, 4.69) is 13.0 Å². The Morgan fingerprint density at radius 2 is 2.36 bits per heavy atom. The summed E-state index contributed by atoms with van der Waals surface area (Å²) in [5, 5.41) is 17.4. The fourth-order valence-electron chi connectivity index (χ4n) is 1.53. The lowest BCUT2D eigenvalue weighted by atomic mass is 9.88. The molecule has 0 fully saturated rings. The van der Waals surface area contributed by atoms with Crippen LogP contribution in [0.2, 0.25) is 0 Å². The summed E-state index contributed by atoms with van der Waals surface area (Å²) in [7, 11) is 0. The van der Waals surface area contributed by atoms with Crippen molar-refractivity contribution >= 4 is 0 Å². The molecule has 0 unspecified atom stereocenters. The van der Waals surface area contributed by atoms with Gasteiger partial charge in [-0.25, -0.2) is 0 Å². The Hall–Kier alpha value is -0.340. The summed E-state index contributed by atoms with van der Waals surface area (Å²) in [6.45, 7) is 2.13. The zero-order valence-corrected chi connectivity index (χ0v) is 6.95. The van der Waals surface area contributed by atoms with Crippen molar-refractivity contribution in [2.75, 3.05) is 0 Å². The number of allylic oxidation sites excluding steroid dienone is 2. The highest BCUT2D eigenvalue weighted by molar-refractivity contribution is 5.02. The van der Waals surface area contributed by atoms with Crippen molar-refractivity contribution in [3.8, 4) is 0 Å². The van der Waals surface area contributed by atoms with Crippen molar-refractivity contribution in [3.05, 3.63) is 11.6 Å². The number of hydrogen-bond donors (Lipinski definition) is 2. The molecule has 1 rings (SSSR count). The van der Waals surface area contributed by atoms with Crippen LogP contribution in [0.15, 0.2) is 11.6 Å². The SMILES string of the molecule is CC1=CC[C@H](CC(O)O)CC1. The monoisotopic (exact) mass is 156 g/mol. The van der Waals surface area contributed by atoms with Gasteiger partial charge in [0.05, 0.1) is 0 Å². The van der Waals surface area contributed by atoms with Crippen molar-refractivity contribution in [3.63, 3.8) is 0 Å². The zero-order chi connectivity index (χ0) is 8.27. The Bertz CT molecular complexity index is 150. The van der Waals surface area contributed by atoms with E-state index in [1.165, 1.54) is 5.57 Å². The largest absolute Gasteiger partial charge is 0.368 e. The van der Waals surface area contributed by atoms with Crippen LogP contribution in [0.1, 0.15) is 32.6 Å². The molecule has 1 aliphatic carbocycles. The Labute approximate surface area is 67.6 Å². The van der Waals surface area contributed by atoms with Crippen LogP contribution in [0.5, 0.6) is 0 Å². The lowest BCUT2D eigenvalue weighted by molar-refractivity contribution is -0.0566. The standard InChI is InChI=1S/C9H16O2/c1-7-2-4-8(5-3-7)6-9(10)11/h2,8-11H,3-6H2,1H3/t8-/m0/s1. The van der Waals surface area contributed by atoms with Gasteiger partial charge in [0.15, 0.2) is 6.29 Å². The summed E-state index contributed by atoms with van der Waals surface area (Å²) in [6, 6.07) is 0. The number of rotatable bonds is 2. The highest BCUT2D eigenvalue weighted by atomic mass is 16.5. The van der Waals surface area contributed by atoms with E-state index in [0.717, 1.165) is 19.3 Å². The third kappa shape index (κ3) is 3.04. The van der Waals surface area contributed by atoms with Gasteiger partial charge in [-0.15, -0.1) is 0 Å². The molecule has 0 saturated carbocycles. The minimum atomic E-state index is -1.12. The fourth-order valence-corrected chi connectivity index (χ4v) is 1.53. The molecule has 0 bridgehead atoms. The molecular weight excluding hydrogens is 140 g/mol. The topological polar surface area (TPSA) is 40.5 Å². The number of aliphatic hydroxyl groups excluding tert-OH is 1. The van der Waals surface area contributed by atoms with Gasteiger partial charge in [-0.05, 0) is 32.1 Å². The predicted molar refractivity (Wildman–Crippen MR) is 43.9 cm³/mol. The number of hydrogen-bond acceptors (Lipinski definition) is 2. The molecule has 0 aromatic carbocycles. The van der Waals surface area contributed by atoms with Crippen LogP contribution >= 0.6 is 0 Å². The minimum absolute atomic E-state index is 0.485. The lowest BCUT2D eigenvalue weighted by Crippen LogP contribution is -2.14. The minimum Gasteiger partial charge on any atom is -0.368 e. The van der Waals surface area contributed by atoms with Gasteiger partial charge in [0, 0.05) is 6.42 Å². The Morgan fingerprint density at radius 3 is 2.82 bits per heavy atom. The third-order valence-corrected chi connectivity index (χ3v) is 2.29. The zero-order valence-electron chi connectivity index (χ0n) is 6.95. The smallest absolute Gasteiger partial charge is 0.151 e. The van der Waals surface area contributed by atoms with Crippen LogP contribution in [0, 0.1) is 5.92 Å². The molecule has 0 aromatic rings. The van der Waals surface area contributed by atoms with Crippen LogP contribution in [-0.4, -0.2) is 16.5 Å². The first kappa shape index (κ1) is 8.75. The second-order valence-corrected chi connectivity index (χ2v) is 3.41. The second-order valence-electron chi connectivity index (χ2n) is 3.41. The highest BCUT2D eigenvalue weighted by Gasteiger charge is 2.14. The van der Waals surface area contributed by atoms with E-state index >= 15 is 0 Å². The Morgan fingerprint density at radius 1 is 1.64 bits per heavy atom. The van der Waals surface area contributed by atoms with Crippen LogP contribution in [0.4, 0.5) is 0 Å². The molecule has 0 aromatic heterocycles. The van der Waals surface area contributed by atoms with E-state index in [0.29, 0.717) is 12.3 Å². The van der Waals surface area contributed by atoms with Gasteiger partial charge >= 0.3 is 0 Å². The van der Waals surface area contributed by atoms with Crippen molar-refractivity contribution in [2.45, 2.75) is 38.9 Å². The molecule has 2 nitrogen and oxygen atoms in total. The van der Waals surface area contributed by atoms with Crippen LogP contribution in [0.25, 0.3) is 0 Å². The highest BCUT2D eigenvalue weighted by Crippen LogP contribution is 2.26. The van der Waals surface area contributed by atoms with E-state index in [-0.39, 0.29) is 0 Å². The van der Waals surface area contributed by atoms with Gasteiger partial charge in [-0.1, -0.05) is 11.6 Å². The Balaban J connectivity index is 2.29. The van der Waals surface area contributed by atoms with Gasteiger partial charge in [-0.3, -0.25) is 0 Å². The van der Waals surface area contributed by atoms with E-state index in [1.807, 2.05) is 0 Å². The summed E-state index contributed by atoms with van der Waals surface area (Å²) in [6.07, 6.45) is 4.87. The van der Waals surface area contributed by atoms with Crippen molar-refractivity contribution in [2.24, 2.45) is 5.92 Å². The van der Waals surface area contributed by atoms with Gasteiger partial charge in [-0.2, -0.15) is 0 Å². The molecule has 0 spiro atoms. The van der Waals surface area contributed by atoms with E-state index in [1.54, 1.807) is 0 Å². The average Bonchev–Trinajstić information content (AvgIpc) is 1.93. The van der Waals surface area contributed by atoms with Crippen molar-refractivity contribution in [1.82, 2.24) is 0 Å². The maximum absolute atomic E-state index is 8.71. The summed E-state index contributed by atoms with van der Waals surface area (Å²) < 4.78 is 0. The molecule has 64 valence electrons. The molecule has 1 atom stereocenters. The molecule has 11 heavy (non-hydrogen) atoms. The molecule has 2 N–H and O–H groups in total. The van der Waals surface area contributed by atoms with Crippen LogP contribution in [0.3, 0.4) is 0 Å². The molecule has 0 amide bonds. The number of aliphatic hydroxyl groups is 2. The molecule has 1 aliphatic rings. The molecule has 0 aliphatic heterocycles. The first-order valence-corrected chi connectivity index (χ1v) is 4.20. The first-order valence-electron chi connectivity index (χ1n) is 4.20. The van der Waals surface area contributed by atoms with E-state index < -0.39 is 6.29 Å². The molecule has 0 saturated heterocycles. The summed E-state index contributed by atoms with van der Waals surface area (Å²) >= 11 is 0. The quantitative estimate of drug-likeness (QED) is 0.469. The lowest BCUT2D eigenvalue weighted by Gasteiger charge is -2.20. The molecule has 0 heterocycles.